The highest BCUT2D eigenvalue weighted by atomic mass is 35.5. The Bertz CT molecular complexity index is 1080. The summed E-state index contributed by atoms with van der Waals surface area (Å²) in [5.41, 5.74) is 2.01. The molecule has 0 aliphatic carbocycles. The summed E-state index contributed by atoms with van der Waals surface area (Å²) < 4.78 is 27.3. The molecular weight excluding hydrogens is 404 g/mol. The minimum absolute atomic E-state index is 0.0250. The zero-order chi connectivity index (χ0) is 19.6. The molecule has 2 aromatic carbocycles. The van der Waals surface area contributed by atoms with Gasteiger partial charge in [0, 0.05) is 17.8 Å². The number of rotatable bonds is 5. The molecule has 0 saturated carbocycles. The van der Waals surface area contributed by atoms with Crippen LogP contribution in [0.2, 0.25) is 5.02 Å². The van der Waals surface area contributed by atoms with Gasteiger partial charge in [-0.3, -0.25) is 9.10 Å². The van der Waals surface area contributed by atoms with Crippen molar-refractivity contribution < 1.29 is 13.2 Å². The predicted molar refractivity (Wildman–Crippen MR) is 110 cm³/mol. The van der Waals surface area contributed by atoms with Crippen molar-refractivity contribution >= 4 is 50.2 Å². The zero-order valence-corrected chi connectivity index (χ0v) is 17.0. The topological polar surface area (TPSA) is 66.5 Å². The van der Waals surface area contributed by atoms with Crippen LogP contribution in [0.3, 0.4) is 0 Å². The second-order valence-electron chi connectivity index (χ2n) is 5.89. The van der Waals surface area contributed by atoms with E-state index in [0.29, 0.717) is 16.4 Å². The Balaban J connectivity index is 1.91. The van der Waals surface area contributed by atoms with Crippen molar-refractivity contribution in [3.05, 3.63) is 75.4 Å². The van der Waals surface area contributed by atoms with E-state index in [0.717, 1.165) is 16.9 Å². The van der Waals surface area contributed by atoms with E-state index in [9.17, 15) is 13.2 Å². The van der Waals surface area contributed by atoms with E-state index in [4.69, 9.17) is 11.6 Å². The molecule has 140 valence electrons. The summed E-state index contributed by atoms with van der Waals surface area (Å²) in [4.78, 5) is 12.7. The summed E-state index contributed by atoms with van der Waals surface area (Å²) in [6.45, 7) is 1.89. The van der Waals surface area contributed by atoms with Gasteiger partial charge in [0.25, 0.3) is 15.9 Å². The largest absolute Gasteiger partial charge is 0.321 e. The maximum atomic E-state index is 13.1. The van der Waals surface area contributed by atoms with E-state index in [1.807, 2.05) is 13.0 Å². The Hall–Kier alpha value is -2.35. The fourth-order valence-electron chi connectivity index (χ4n) is 2.50. The molecule has 1 aromatic heterocycles. The van der Waals surface area contributed by atoms with Crippen molar-refractivity contribution in [3.8, 4) is 0 Å². The maximum absolute atomic E-state index is 13.1. The van der Waals surface area contributed by atoms with Gasteiger partial charge in [0.1, 0.15) is 9.77 Å². The molecule has 0 radical (unpaired) electrons. The fraction of sp³-hybridized carbons (Fsp3) is 0.105. The van der Waals surface area contributed by atoms with Crippen LogP contribution in [0.5, 0.6) is 0 Å². The Morgan fingerprint density at radius 1 is 1.11 bits per heavy atom. The molecule has 1 N–H and O–H groups in total. The number of sulfonamides is 1. The molecule has 0 unspecified atom stereocenters. The third-order valence-corrected chi connectivity index (χ3v) is 7.06. The van der Waals surface area contributed by atoms with Gasteiger partial charge >= 0.3 is 0 Å². The van der Waals surface area contributed by atoms with Gasteiger partial charge in [-0.2, -0.15) is 0 Å². The quantitative estimate of drug-likeness (QED) is 0.645. The van der Waals surface area contributed by atoms with Crippen LogP contribution in [0, 0.1) is 6.92 Å². The van der Waals surface area contributed by atoms with Gasteiger partial charge in [0.2, 0.25) is 0 Å². The number of carbonyl (C=O) groups is 1. The van der Waals surface area contributed by atoms with Gasteiger partial charge in [0.15, 0.2) is 0 Å². The standard InChI is InChI=1S/C19H17ClN2O3S2/c1-13-4-3-5-16(12-13)22(2)27(24,25)17-10-11-26-18(17)19(23)21-15-8-6-14(20)7-9-15/h3-12H,1-2H3,(H,21,23). The second kappa shape index (κ2) is 7.72. The van der Waals surface area contributed by atoms with Crippen molar-refractivity contribution in [2.24, 2.45) is 0 Å². The summed E-state index contributed by atoms with van der Waals surface area (Å²) in [6.07, 6.45) is 0. The van der Waals surface area contributed by atoms with Gasteiger partial charge in [-0.15, -0.1) is 11.3 Å². The van der Waals surface area contributed by atoms with Crippen molar-refractivity contribution in [2.75, 3.05) is 16.7 Å². The molecule has 8 heteroatoms. The molecule has 1 heterocycles. The monoisotopic (exact) mass is 420 g/mol. The lowest BCUT2D eigenvalue weighted by molar-refractivity contribution is 0.102. The van der Waals surface area contributed by atoms with Crippen LogP contribution in [0.15, 0.2) is 64.9 Å². The predicted octanol–water partition coefficient (Wildman–Crippen LogP) is 4.79. The number of hydrogen-bond donors (Lipinski definition) is 1. The molecule has 3 aromatic rings. The molecule has 0 fully saturated rings. The minimum atomic E-state index is -3.88. The number of carbonyl (C=O) groups excluding carboxylic acids is 1. The lowest BCUT2D eigenvalue weighted by atomic mass is 10.2. The molecule has 0 aliphatic heterocycles. The first-order valence-corrected chi connectivity index (χ1v) is 10.7. The van der Waals surface area contributed by atoms with Crippen molar-refractivity contribution in [2.45, 2.75) is 11.8 Å². The molecule has 0 spiro atoms. The number of benzene rings is 2. The molecule has 0 aliphatic rings. The number of anilines is 2. The van der Waals surface area contributed by atoms with Gasteiger partial charge < -0.3 is 5.32 Å². The smallest absolute Gasteiger partial charge is 0.267 e. The Labute approximate surface area is 167 Å². The average Bonchev–Trinajstić information content (AvgIpc) is 3.14. The third kappa shape index (κ3) is 4.16. The summed E-state index contributed by atoms with van der Waals surface area (Å²) in [5, 5.41) is 4.84. The summed E-state index contributed by atoms with van der Waals surface area (Å²) in [6, 6.07) is 15.2. The second-order valence-corrected chi connectivity index (χ2v) is 9.18. The Morgan fingerprint density at radius 2 is 1.81 bits per heavy atom. The molecule has 1 amide bonds. The number of aryl methyl sites for hydroxylation is 1. The highest BCUT2D eigenvalue weighted by Crippen LogP contribution is 2.29. The van der Waals surface area contributed by atoms with Gasteiger partial charge in [-0.1, -0.05) is 23.7 Å². The molecule has 3 rings (SSSR count). The minimum Gasteiger partial charge on any atom is -0.321 e. The first-order valence-electron chi connectivity index (χ1n) is 7.99. The van der Waals surface area contributed by atoms with Crippen LogP contribution in [-0.2, 0) is 10.0 Å². The number of nitrogens with one attached hydrogen (secondary N) is 1. The highest BCUT2D eigenvalue weighted by Gasteiger charge is 2.28. The van der Waals surface area contributed by atoms with Crippen LogP contribution >= 0.6 is 22.9 Å². The Kier molecular flexibility index (Phi) is 5.55. The summed E-state index contributed by atoms with van der Waals surface area (Å²) >= 11 is 6.92. The molecule has 27 heavy (non-hydrogen) atoms. The average molecular weight is 421 g/mol. The number of halogens is 1. The number of nitrogens with zero attached hydrogens (tertiary/aromatic N) is 1. The highest BCUT2D eigenvalue weighted by molar-refractivity contribution is 7.93. The zero-order valence-electron chi connectivity index (χ0n) is 14.6. The molecule has 0 atom stereocenters. The molecule has 5 nitrogen and oxygen atoms in total. The Morgan fingerprint density at radius 3 is 2.48 bits per heavy atom. The number of hydrogen-bond acceptors (Lipinski definition) is 4. The lowest BCUT2D eigenvalue weighted by Crippen LogP contribution is -2.28. The lowest BCUT2D eigenvalue weighted by Gasteiger charge is -2.20. The maximum Gasteiger partial charge on any atom is 0.267 e. The van der Waals surface area contributed by atoms with Gasteiger partial charge in [-0.05, 0) is 60.3 Å². The van der Waals surface area contributed by atoms with Gasteiger partial charge in [-0.25, -0.2) is 8.42 Å². The van der Waals surface area contributed by atoms with Crippen molar-refractivity contribution in [1.29, 1.82) is 0 Å². The van der Waals surface area contributed by atoms with E-state index < -0.39 is 15.9 Å². The first-order chi connectivity index (χ1) is 12.8. The number of amides is 1. The van der Waals surface area contributed by atoms with Crippen molar-refractivity contribution in [3.63, 3.8) is 0 Å². The summed E-state index contributed by atoms with van der Waals surface area (Å²) in [7, 11) is -2.40. The van der Waals surface area contributed by atoms with Crippen molar-refractivity contribution in [1.82, 2.24) is 0 Å². The van der Waals surface area contributed by atoms with E-state index in [2.05, 4.69) is 5.32 Å². The SMILES string of the molecule is Cc1cccc(N(C)S(=O)(=O)c2ccsc2C(=O)Nc2ccc(Cl)cc2)c1. The fourth-order valence-corrected chi connectivity index (χ4v) is 5.11. The molecule has 0 saturated heterocycles. The van der Waals surface area contributed by atoms with E-state index in [1.165, 1.54) is 17.4 Å². The van der Waals surface area contributed by atoms with Gasteiger partial charge in [0.05, 0.1) is 5.69 Å². The molecule has 0 bridgehead atoms. The number of thiophene rings is 1. The van der Waals surface area contributed by atoms with Crippen LogP contribution in [0.4, 0.5) is 11.4 Å². The third-order valence-electron chi connectivity index (χ3n) is 3.94. The van der Waals surface area contributed by atoms with E-state index in [1.54, 1.807) is 47.8 Å². The molecular formula is C19H17ClN2O3S2. The van der Waals surface area contributed by atoms with E-state index in [-0.39, 0.29) is 9.77 Å². The van der Waals surface area contributed by atoms with Crippen LogP contribution in [0.25, 0.3) is 0 Å². The first kappa shape index (κ1) is 19.4. The summed E-state index contributed by atoms with van der Waals surface area (Å²) in [5.74, 6) is -0.483. The van der Waals surface area contributed by atoms with Crippen LogP contribution in [0.1, 0.15) is 15.2 Å². The van der Waals surface area contributed by atoms with Crippen LogP contribution < -0.4 is 9.62 Å². The van der Waals surface area contributed by atoms with E-state index >= 15 is 0 Å². The van der Waals surface area contributed by atoms with Crippen LogP contribution in [-0.4, -0.2) is 21.4 Å². The normalized spacial score (nSPS) is 11.2.